The van der Waals surface area contributed by atoms with E-state index < -0.39 is 5.91 Å². The van der Waals surface area contributed by atoms with Crippen molar-refractivity contribution in [3.05, 3.63) is 18.1 Å². The topological polar surface area (TPSA) is 107 Å². The maximum Gasteiger partial charge on any atom is 0.271 e. The molecule has 0 spiro atoms. The van der Waals surface area contributed by atoms with Gasteiger partial charge in [0.25, 0.3) is 5.91 Å². The van der Waals surface area contributed by atoms with Gasteiger partial charge >= 0.3 is 0 Å². The van der Waals surface area contributed by atoms with Gasteiger partial charge in [-0.2, -0.15) is 0 Å². The van der Waals surface area contributed by atoms with Crippen molar-refractivity contribution in [1.29, 1.82) is 0 Å². The summed E-state index contributed by atoms with van der Waals surface area (Å²) in [5.74, 6) is -0.0623. The standard InChI is InChI=1S/C12H19N5O2/c1-19-9-2-5-17(8(6-9)7-13)12-10(11(14)18)15-3-4-16-12/h3-4,8-9H,2,5-7,13H2,1H3,(H2,14,18). The number of hydrogen-bond donors (Lipinski definition) is 2. The predicted octanol–water partition coefficient (Wildman–Crippen LogP) is -0.482. The Kier molecular flexibility index (Phi) is 4.28. The molecule has 104 valence electrons. The molecule has 1 aromatic rings. The Morgan fingerprint density at radius 1 is 1.53 bits per heavy atom. The number of primary amides is 1. The lowest BCUT2D eigenvalue weighted by Crippen LogP contribution is -2.49. The van der Waals surface area contributed by atoms with Gasteiger partial charge in [0.15, 0.2) is 11.5 Å². The molecule has 2 atom stereocenters. The second-order valence-electron chi connectivity index (χ2n) is 4.56. The van der Waals surface area contributed by atoms with E-state index in [1.807, 2.05) is 4.90 Å². The van der Waals surface area contributed by atoms with Gasteiger partial charge in [0.05, 0.1) is 6.10 Å². The fourth-order valence-electron chi connectivity index (χ4n) is 2.45. The summed E-state index contributed by atoms with van der Waals surface area (Å²) >= 11 is 0. The lowest BCUT2D eigenvalue weighted by atomic mass is 9.99. The molecule has 4 N–H and O–H groups in total. The fourth-order valence-corrected chi connectivity index (χ4v) is 2.45. The largest absolute Gasteiger partial charge is 0.381 e. The van der Waals surface area contributed by atoms with E-state index in [2.05, 4.69) is 9.97 Å². The van der Waals surface area contributed by atoms with E-state index in [1.165, 1.54) is 6.20 Å². The molecule has 2 heterocycles. The summed E-state index contributed by atoms with van der Waals surface area (Å²) in [5.41, 5.74) is 11.3. The van der Waals surface area contributed by atoms with E-state index in [4.69, 9.17) is 16.2 Å². The van der Waals surface area contributed by atoms with E-state index in [0.717, 1.165) is 19.4 Å². The Labute approximate surface area is 111 Å². The van der Waals surface area contributed by atoms with Crippen molar-refractivity contribution in [3.63, 3.8) is 0 Å². The van der Waals surface area contributed by atoms with Crippen LogP contribution in [0.15, 0.2) is 12.4 Å². The fraction of sp³-hybridized carbons (Fsp3) is 0.583. The van der Waals surface area contributed by atoms with Gasteiger partial charge in [0, 0.05) is 38.6 Å². The summed E-state index contributed by atoms with van der Waals surface area (Å²) in [6.07, 6.45) is 4.88. The summed E-state index contributed by atoms with van der Waals surface area (Å²) in [6, 6.07) is 0.0773. The highest BCUT2D eigenvalue weighted by atomic mass is 16.5. The van der Waals surface area contributed by atoms with Crippen LogP contribution in [0.2, 0.25) is 0 Å². The first-order chi connectivity index (χ1) is 9.17. The van der Waals surface area contributed by atoms with Crippen molar-refractivity contribution in [2.45, 2.75) is 25.0 Å². The number of nitrogens with zero attached hydrogens (tertiary/aromatic N) is 3. The Morgan fingerprint density at radius 3 is 2.89 bits per heavy atom. The highest BCUT2D eigenvalue weighted by molar-refractivity contribution is 5.95. The second kappa shape index (κ2) is 5.94. The zero-order valence-corrected chi connectivity index (χ0v) is 11.0. The van der Waals surface area contributed by atoms with Crippen molar-refractivity contribution >= 4 is 11.7 Å². The number of hydrogen-bond acceptors (Lipinski definition) is 6. The molecule has 1 fully saturated rings. The number of aromatic nitrogens is 2. The molecule has 0 aromatic carbocycles. The average Bonchev–Trinajstić information content (AvgIpc) is 2.46. The number of piperidine rings is 1. The molecule has 1 aliphatic heterocycles. The van der Waals surface area contributed by atoms with Crippen LogP contribution in [0.25, 0.3) is 0 Å². The average molecular weight is 265 g/mol. The molecular formula is C12H19N5O2. The lowest BCUT2D eigenvalue weighted by molar-refractivity contribution is 0.0707. The van der Waals surface area contributed by atoms with Crippen molar-refractivity contribution < 1.29 is 9.53 Å². The van der Waals surface area contributed by atoms with Crippen LogP contribution in [0.5, 0.6) is 0 Å². The SMILES string of the molecule is COC1CCN(c2nccnc2C(N)=O)C(CN)C1. The van der Waals surface area contributed by atoms with Crippen molar-refractivity contribution in [2.24, 2.45) is 11.5 Å². The molecule has 0 aliphatic carbocycles. The number of carbonyl (C=O) groups excluding carboxylic acids is 1. The smallest absolute Gasteiger partial charge is 0.271 e. The van der Waals surface area contributed by atoms with Crippen LogP contribution in [-0.4, -0.2) is 48.2 Å². The van der Waals surface area contributed by atoms with Crippen LogP contribution in [-0.2, 0) is 4.74 Å². The van der Waals surface area contributed by atoms with Crippen LogP contribution >= 0.6 is 0 Å². The second-order valence-corrected chi connectivity index (χ2v) is 4.56. The van der Waals surface area contributed by atoms with Crippen LogP contribution in [0.3, 0.4) is 0 Å². The Bertz CT molecular complexity index is 454. The first-order valence-electron chi connectivity index (χ1n) is 6.27. The molecule has 0 bridgehead atoms. The molecular weight excluding hydrogens is 246 g/mol. The van der Waals surface area contributed by atoms with Gasteiger partial charge < -0.3 is 21.1 Å². The molecule has 0 radical (unpaired) electrons. The molecule has 2 rings (SSSR count). The number of methoxy groups -OCH3 is 1. The van der Waals surface area contributed by atoms with Crippen LogP contribution in [0.4, 0.5) is 5.82 Å². The van der Waals surface area contributed by atoms with Crippen molar-refractivity contribution in [2.75, 3.05) is 25.1 Å². The zero-order chi connectivity index (χ0) is 13.8. The molecule has 2 unspecified atom stereocenters. The van der Waals surface area contributed by atoms with E-state index in [-0.39, 0.29) is 17.8 Å². The van der Waals surface area contributed by atoms with Gasteiger partial charge in [-0.15, -0.1) is 0 Å². The molecule has 19 heavy (non-hydrogen) atoms. The molecule has 7 nitrogen and oxygen atoms in total. The minimum absolute atomic E-state index is 0.0773. The van der Waals surface area contributed by atoms with Crippen LogP contribution in [0, 0.1) is 0 Å². The third kappa shape index (κ3) is 2.82. The van der Waals surface area contributed by atoms with Gasteiger partial charge in [0.1, 0.15) is 0 Å². The number of carbonyl (C=O) groups is 1. The van der Waals surface area contributed by atoms with E-state index >= 15 is 0 Å². The zero-order valence-electron chi connectivity index (χ0n) is 11.0. The highest BCUT2D eigenvalue weighted by Gasteiger charge is 2.30. The van der Waals surface area contributed by atoms with Crippen molar-refractivity contribution in [1.82, 2.24) is 9.97 Å². The third-order valence-corrected chi connectivity index (χ3v) is 3.46. The summed E-state index contributed by atoms with van der Waals surface area (Å²) in [6.45, 7) is 1.19. The third-order valence-electron chi connectivity index (χ3n) is 3.46. The molecule has 0 saturated carbocycles. The van der Waals surface area contributed by atoms with Crippen LogP contribution < -0.4 is 16.4 Å². The number of nitrogens with two attached hydrogens (primary N) is 2. The number of ether oxygens (including phenoxy) is 1. The van der Waals surface area contributed by atoms with Gasteiger partial charge in [-0.3, -0.25) is 4.79 Å². The lowest BCUT2D eigenvalue weighted by Gasteiger charge is -2.39. The Hall–Kier alpha value is -1.73. The number of rotatable bonds is 4. The van der Waals surface area contributed by atoms with Gasteiger partial charge in [-0.1, -0.05) is 0 Å². The quantitative estimate of drug-likeness (QED) is 0.761. The monoisotopic (exact) mass is 265 g/mol. The van der Waals surface area contributed by atoms with Crippen molar-refractivity contribution in [3.8, 4) is 0 Å². The van der Waals surface area contributed by atoms with E-state index in [9.17, 15) is 4.79 Å². The maximum atomic E-state index is 11.4. The minimum Gasteiger partial charge on any atom is -0.381 e. The summed E-state index contributed by atoms with van der Waals surface area (Å²) < 4.78 is 5.38. The molecule has 1 saturated heterocycles. The molecule has 7 heteroatoms. The number of amides is 1. The first-order valence-corrected chi connectivity index (χ1v) is 6.27. The normalized spacial score (nSPS) is 23.4. The van der Waals surface area contributed by atoms with Gasteiger partial charge in [-0.25, -0.2) is 9.97 Å². The molecule has 1 amide bonds. The first kappa shape index (κ1) is 13.7. The van der Waals surface area contributed by atoms with E-state index in [1.54, 1.807) is 13.3 Å². The maximum absolute atomic E-state index is 11.4. The summed E-state index contributed by atoms with van der Waals surface area (Å²) in [5, 5.41) is 0. The highest BCUT2D eigenvalue weighted by Crippen LogP contribution is 2.25. The summed E-state index contributed by atoms with van der Waals surface area (Å²) in [7, 11) is 1.70. The number of anilines is 1. The van der Waals surface area contributed by atoms with Gasteiger partial charge in [0.2, 0.25) is 0 Å². The van der Waals surface area contributed by atoms with Crippen LogP contribution in [0.1, 0.15) is 23.3 Å². The Morgan fingerprint density at radius 2 is 2.26 bits per heavy atom. The minimum atomic E-state index is -0.576. The molecule has 1 aromatic heterocycles. The Balaban J connectivity index is 2.28. The summed E-state index contributed by atoms with van der Waals surface area (Å²) in [4.78, 5) is 21.7. The van der Waals surface area contributed by atoms with E-state index in [0.29, 0.717) is 12.4 Å². The predicted molar refractivity (Wildman–Crippen MR) is 70.8 cm³/mol. The molecule has 1 aliphatic rings. The van der Waals surface area contributed by atoms with Gasteiger partial charge in [-0.05, 0) is 12.8 Å².